The summed E-state index contributed by atoms with van der Waals surface area (Å²) in [6.07, 6.45) is 0. The zero-order chi connectivity index (χ0) is 23.6. The Kier molecular flexibility index (Phi) is 6.07. The number of amides is 2. The van der Waals surface area contributed by atoms with Gasteiger partial charge in [0.15, 0.2) is 11.5 Å². The third-order valence-electron chi connectivity index (χ3n) is 5.91. The summed E-state index contributed by atoms with van der Waals surface area (Å²) in [7, 11) is 2.92. The van der Waals surface area contributed by atoms with Crippen molar-refractivity contribution in [3.05, 3.63) is 95.1 Å². The van der Waals surface area contributed by atoms with E-state index in [0.717, 1.165) is 11.1 Å². The highest BCUT2D eigenvalue weighted by Crippen LogP contribution is 2.44. The van der Waals surface area contributed by atoms with E-state index in [9.17, 15) is 14.7 Å². The van der Waals surface area contributed by atoms with Gasteiger partial charge in [0, 0.05) is 12.1 Å². The number of carbonyl (C=O) groups is 2. The van der Waals surface area contributed by atoms with Crippen molar-refractivity contribution in [3.63, 3.8) is 0 Å². The maximum Gasteiger partial charge on any atom is 0.278 e. The predicted octanol–water partition coefficient (Wildman–Crippen LogP) is 3.38. The van der Waals surface area contributed by atoms with Crippen LogP contribution >= 0.6 is 0 Å². The third kappa shape index (κ3) is 3.91. The van der Waals surface area contributed by atoms with Gasteiger partial charge in [0.05, 0.1) is 25.8 Å². The Labute approximate surface area is 192 Å². The minimum Gasteiger partial charge on any atom is -0.493 e. The van der Waals surface area contributed by atoms with Gasteiger partial charge in [0.1, 0.15) is 0 Å². The van der Waals surface area contributed by atoms with Gasteiger partial charge in [0.2, 0.25) is 5.72 Å². The molecule has 4 rings (SSSR count). The number of ether oxygens (including phenoxy) is 2. The van der Waals surface area contributed by atoms with Gasteiger partial charge >= 0.3 is 0 Å². The number of carbonyl (C=O) groups excluding carboxylic acids is 2. The van der Waals surface area contributed by atoms with Gasteiger partial charge < -0.3 is 19.9 Å². The lowest BCUT2D eigenvalue weighted by atomic mass is 9.98. The van der Waals surface area contributed by atoms with Crippen molar-refractivity contribution in [1.29, 1.82) is 0 Å². The summed E-state index contributed by atoms with van der Waals surface area (Å²) < 4.78 is 10.7. The largest absolute Gasteiger partial charge is 0.493 e. The molecule has 3 aromatic carbocycles. The predicted molar refractivity (Wildman–Crippen MR) is 123 cm³/mol. The van der Waals surface area contributed by atoms with E-state index < -0.39 is 17.5 Å². The molecule has 0 unspecified atom stereocenters. The minimum atomic E-state index is -2.23. The lowest BCUT2D eigenvalue weighted by Crippen LogP contribution is -2.54. The number of hydrogen-bond donors (Lipinski definition) is 2. The van der Waals surface area contributed by atoms with Crippen molar-refractivity contribution in [1.82, 2.24) is 10.2 Å². The summed E-state index contributed by atoms with van der Waals surface area (Å²) in [6, 6.07) is 21.2. The minimum absolute atomic E-state index is 0.0443. The molecule has 0 aliphatic carbocycles. The molecule has 1 heterocycles. The summed E-state index contributed by atoms with van der Waals surface area (Å²) in [4.78, 5) is 28.2. The number of nitrogens with zero attached hydrogens (tertiary/aromatic N) is 1. The second-order valence-electron chi connectivity index (χ2n) is 7.91. The number of nitrogens with one attached hydrogen (secondary N) is 1. The molecule has 0 fully saturated rings. The first-order valence-corrected chi connectivity index (χ1v) is 10.6. The standard InChI is InChI=1S/C26H26N2O5/c1-17(19-12-8-5-9-13-19)27-25(30)26(31)21-15-23(33-3)22(32-2)14-20(21)24(29)28(26)16-18-10-6-4-7-11-18/h4-15,17,31H,16H2,1-3H3,(H,27,30)/t17-,26+/m1/s1. The molecule has 0 spiro atoms. The normalized spacial score (nSPS) is 17.9. The Bertz CT molecular complexity index is 1170. The molecule has 1 aliphatic heterocycles. The molecular formula is C26H26N2O5. The molecule has 0 saturated heterocycles. The van der Waals surface area contributed by atoms with E-state index in [4.69, 9.17) is 9.47 Å². The lowest BCUT2D eigenvalue weighted by molar-refractivity contribution is -0.160. The average Bonchev–Trinajstić information content (AvgIpc) is 3.06. The van der Waals surface area contributed by atoms with Gasteiger partial charge in [-0.3, -0.25) is 14.5 Å². The van der Waals surface area contributed by atoms with Crippen molar-refractivity contribution >= 4 is 11.8 Å². The van der Waals surface area contributed by atoms with Crippen LogP contribution in [0, 0.1) is 0 Å². The van der Waals surface area contributed by atoms with E-state index in [-0.39, 0.29) is 23.7 Å². The van der Waals surface area contributed by atoms with Gasteiger partial charge in [-0.15, -0.1) is 0 Å². The number of aliphatic hydroxyl groups is 1. The maximum atomic E-state index is 13.6. The van der Waals surface area contributed by atoms with Gasteiger partial charge in [-0.1, -0.05) is 60.7 Å². The summed E-state index contributed by atoms with van der Waals surface area (Å²) in [5.74, 6) is -0.520. The molecule has 2 N–H and O–H groups in total. The second-order valence-corrected chi connectivity index (χ2v) is 7.91. The number of hydrogen-bond acceptors (Lipinski definition) is 5. The summed E-state index contributed by atoms with van der Waals surface area (Å²) in [5, 5.41) is 14.7. The molecule has 0 aromatic heterocycles. The monoisotopic (exact) mass is 446 g/mol. The van der Waals surface area contributed by atoms with Crippen LogP contribution in [0.1, 0.15) is 40.0 Å². The number of fused-ring (bicyclic) bond motifs is 1. The van der Waals surface area contributed by atoms with Crippen LogP contribution in [0.3, 0.4) is 0 Å². The first kappa shape index (κ1) is 22.4. The van der Waals surface area contributed by atoms with Crippen LogP contribution in [0.15, 0.2) is 72.8 Å². The van der Waals surface area contributed by atoms with Crippen molar-refractivity contribution in [2.24, 2.45) is 0 Å². The molecule has 0 saturated carbocycles. The zero-order valence-corrected chi connectivity index (χ0v) is 18.7. The van der Waals surface area contributed by atoms with Crippen LogP contribution in [0.4, 0.5) is 0 Å². The topological polar surface area (TPSA) is 88.1 Å². The van der Waals surface area contributed by atoms with E-state index in [1.807, 2.05) is 67.6 Å². The Morgan fingerprint density at radius 3 is 2.18 bits per heavy atom. The summed E-state index contributed by atoms with van der Waals surface area (Å²) in [6.45, 7) is 1.87. The van der Waals surface area contributed by atoms with E-state index in [0.29, 0.717) is 11.5 Å². The number of methoxy groups -OCH3 is 2. The molecular weight excluding hydrogens is 420 g/mol. The van der Waals surface area contributed by atoms with Crippen LogP contribution < -0.4 is 14.8 Å². The molecule has 33 heavy (non-hydrogen) atoms. The fourth-order valence-corrected chi connectivity index (χ4v) is 4.10. The zero-order valence-electron chi connectivity index (χ0n) is 18.7. The van der Waals surface area contributed by atoms with Crippen LogP contribution in [-0.2, 0) is 17.1 Å². The third-order valence-corrected chi connectivity index (χ3v) is 5.91. The molecule has 0 bridgehead atoms. The van der Waals surface area contributed by atoms with E-state index >= 15 is 0 Å². The van der Waals surface area contributed by atoms with Crippen molar-refractivity contribution in [2.45, 2.75) is 25.2 Å². The first-order chi connectivity index (χ1) is 15.9. The molecule has 2 amide bonds. The molecule has 7 heteroatoms. The highest BCUT2D eigenvalue weighted by Gasteiger charge is 2.55. The smallest absolute Gasteiger partial charge is 0.278 e. The van der Waals surface area contributed by atoms with Gasteiger partial charge in [-0.05, 0) is 30.2 Å². The molecule has 0 radical (unpaired) electrons. The summed E-state index contributed by atoms with van der Waals surface area (Å²) in [5.41, 5.74) is -0.238. The Morgan fingerprint density at radius 1 is 1.00 bits per heavy atom. The van der Waals surface area contributed by atoms with Crippen LogP contribution in [-0.4, -0.2) is 36.0 Å². The highest BCUT2D eigenvalue weighted by molar-refractivity contribution is 6.06. The van der Waals surface area contributed by atoms with E-state index in [1.54, 1.807) is 0 Å². The summed E-state index contributed by atoms with van der Waals surface area (Å²) >= 11 is 0. The number of benzene rings is 3. The van der Waals surface area contributed by atoms with Crippen LogP contribution in [0.5, 0.6) is 11.5 Å². The molecule has 170 valence electrons. The second kappa shape index (κ2) is 8.96. The lowest BCUT2D eigenvalue weighted by Gasteiger charge is -2.34. The molecule has 3 aromatic rings. The van der Waals surface area contributed by atoms with Crippen LogP contribution in [0.25, 0.3) is 0 Å². The molecule has 2 atom stereocenters. The van der Waals surface area contributed by atoms with Crippen molar-refractivity contribution in [2.75, 3.05) is 14.2 Å². The van der Waals surface area contributed by atoms with E-state index in [1.165, 1.54) is 31.3 Å². The highest BCUT2D eigenvalue weighted by atomic mass is 16.5. The number of rotatable bonds is 7. The average molecular weight is 447 g/mol. The Hall–Kier alpha value is -3.84. The SMILES string of the molecule is COc1cc2c(cc1OC)[C@](O)(C(=O)N[C@H](C)c1ccccc1)N(Cc1ccccc1)C2=O. The fourth-order valence-electron chi connectivity index (χ4n) is 4.10. The Morgan fingerprint density at radius 2 is 1.58 bits per heavy atom. The first-order valence-electron chi connectivity index (χ1n) is 10.6. The van der Waals surface area contributed by atoms with Gasteiger partial charge in [-0.25, -0.2) is 0 Å². The van der Waals surface area contributed by atoms with Gasteiger partial charge in [-0.2, -0.15) is 0 Å². The van der Waals surface area contributed by atoms with Crippen LogP contribution in [0.2, 0.25) is 0 Å². The molecule has 1 aliphatic rings. The fraction of sp³-hybridized carbons (Fsp3) is 0.231. The van der Waals surface area contributed by atoms with Gasteiger partial charge in [0.25, 0.3) is 11.8 Å². The van der Waals surface area contributed by atoms with E-state index in [2.05, 4.69) is 5.32 Å². The quantitative estimate of drug-likeness (QED) is 0.581. The van der Waals surface area contributed by atoms with Crippen molar-refractivity contribution < 1.29 is 24.2 Å². The van der Waals surface area contributed by atoms with Crippen molar-refractivity contribution in [3.8, 4) is 11.5 Å². The Balaban J connectivity index is 1.78. The molecule has 7 nitrogen and oxygen atoms in total. The maximum absolute atomic E-state index is 13.6.